The predicted octanol–water partition coefficient (Wildman–Crippen LogP) is 1.56. The second-order valence-corrected chi connectivity index (χ2v) is 4.62. The van der Waals surface area contributed by atoms with Gasteiger partial charge in [0.15, 0.2) is 5.11 Å². The van der Waals surface area contributed by atoms with E-state index in [1.54, 1.807) is 11.3 Å². The Morgan fingerprint density at radius 2 is 2.43 bits per heavy atom. The lowest BCUT2D eigenvalue weighted by Gasteiger charge is -2.12. The van der Waals surface area contributed by atoms with Gasteiger partial charge in [0.25, 0.3) is 0 Å². The van der Waals surface area contributed by atoms with Gasteiger partial charge in [-0.3, -0.25) is 0 Å². The molecule has 0 saturated heterocycles. The largest absolute Gasteiger partial charge is 0.362 e. The van der Waals surface area contributed by atoms with Gasteiger partial charge < -0.3 is 10.6 Å². The van der Waals surface area contributed by atoms with Gasteiger partial charge in [-0.05, 0) is 26.1 Å². The molecular weight excluding hydrogens is 214 g/mol. The summed E-state index contributed by atoms with van der Waals surface area (Å²) < 4.78 is 0. The van der Waals surface area contributed by atoms with Crippen molar-refractivity contribution in [3.63, 3.8) is 0 Å². The molecule has 0 saturated carbocycles. The van der Waals surface area contributed by atoms with Gasteiger partial charge in [-0.25, -0.2) is 4.98 Å². The lowest BCUT2D eigenvalue weighted by Crippen LogP contribution is -2.39. The minimum Gasteiger partial charge on any atom is -0.362 e. The van der Waals surface area contributed by atoms with Crippen molar-refractivity contribution in [1.29, 1.82) is 0 Å². The summed E-state index contributed by atoms with van der Waals surface area (Å²) in [7, 11) is 0. The first-order valence-electron chi connectivity index (χ1n) is 4.61. The summed E-state index contributed by atoms with van der Waals surface area (Å²) in [5.74, 6) is 0. The number of hydrogen-bond donors (Lipinski definition) is 2. The average molecular weight is 229 g/mol. The van der Waals surface area contributed by atoms with Crippen LogP contribution in [0.25, 0.3) is 0 Å². The van der Waals surface area contributed by atoms with Crippen LogP contribution in [0.2, 0.25) is 0 Å². The first-order chi connectivity index (χ1) is 6.68. The number of hydrogen-bond acceptors (Lipinski definition) is 3. The normalized spacial score (nSPS) is 10.2. The first kappa shape index (κ1) is 11.4. The van der Waals surface area contributed by atoms with Gasteiger partial charge in [0.05, 0.1) is 5.01 Å². The second-order valence-electron chi connectivity index (χ2n) is 3.23. The van der Waals surface area contributed by atoms with Gasteiger partial charge in [-0.1, -0.05) is 0 Å². The number of thiocarbonyl (C=S) groups is 1. The molecule has 0 unspecified atom stereocenters. The lowest BCUT2D eigenvalue weighted by molar-refractivity contribution is 0.710. The summed E-state index contributed by atoms with van der Waals surface area (Å²) in [6.45, 7) is 4.97. The molecule has 0 radical (unpaired) electrons. The molecule has 5 heteroatoms. The molecule has 0 aliphatic carbocycles. The Bertz CT molecular complexity index is 270. The second kappa shape index (κ2) is 5.93. The van der Waals surface area contributed by atoms with Crippen LogP contribution in [0.5, 0.6) is 0 Å². The lowest BCUT2D eigenvalue weighted by atomic mass is 10.4. The predicted molar refractivity (Wildman–Crippen MR) is 64.7 cm³/mol. The number of thiazole rings is 1. The van der Waals surface area contributed by atoms with Crippen LogP contribution in [0, 0.1) is 0 Å². The van der Waals surface area contributed by atoms with Crippen molar-refractivity contribution >= 4 is 28.7 Å². The number of rotatable bonds is 4. The third-order valence-electron chi connectivity index (χ3n) is 1.53. The quantitative estimate of drug-likeness (QED) is 0.768. The number of aromatic nitrogens is 1. The van der Waals surface area contributed by atoms with Crippen LogP contribution in [-0.4, -0.2) is 22.7 Å². The maximum atomic E-state index is 5.09. The summed E-state index contributed by atoms with van der Waals surface area (Å²) >= 11 is 6.76. The fourth-order valence-electron chi connectivity index (χ4n) is 0.973. The molecule has 0 atom stereocenters. The molecule has 1 aromatic heterocycles. The van der Waals surface area contributed by atoms with Gasteiger partial charge in [-0.2, -0.15) is 0 Å². The van der Waals surface area contributed by atoms with Gasteiger partial charge in [0.2, 0.25) is 0 Å². The van der Waals surface area contributed by atoms with Crippen molar-refractivity contribution in [2.24, 2.45) is 0 Å². The van der Waals surface area contributed by atoms with Gasteiger partial charge in [-0.15, -0.1) is 11.3 Å². The molecule has 1 heterocycles. The fraction of sp³-hybridized carbons (Fsp3) is 0.556. The zero-order valence-electron chi connectivity index (χ0n) is 8.41. The van der Waals surface area contributed by atoms with Crippen LogP contribution in [0.4, 0.5) is 0 Å². The van der Waals surface area contributed by atoms with Crippen LogP contribution < -0.4 is 10.6 Å². The van der Waals surface area contributed by atoms with E-state index in [0.717, 1.165) is 23.1 Å². The highest BCUT2D eigenvalue weighted by molar-refractivity contribution is 7.80. The van der Waals surface area contributed by atoms with E-state index in [1.165, 1.54) is 0 Å². The third kappa shape index (κ3) is 4.53. The Labute approximate surface area is 93.9 Å². The topological polar surface area (TPSA) is 37.0 Å². The summed E-state index contributed by atoms with van der Waals surface area (Å²) in [6, 6.07) is 0.384. The average Bonchev–Trinajstić information content (AvgIpc) is 2.55. The fourth-order valence-corrected chi connectivity index (χ4v) is 1.93. The van der Waals surface area contributed by atoms with E-state index in [9.17, 15) is 0 Å². The van der Waals surface area contributed by atoms with Crippen LogP contribution in [0.15, 0.2) is 11.6 Å². The molecule has 1 aromatic rings. The standard InChI is InChI=1S/C9H15N3S2/c1-7(2)12-9(13)11-4-3-8-10-5-6-14-8/h5-7H,3-4H2,1-2H3,(H2,11,12,13). The van der Waals surface area contributed by atoms with Crippen LogP contribution >= 0.6 is 23.6 Å². The summed E-state index contributed by atoms with van der Waals surface area (Å²) in [6.07, 6.45) is 2.75. The van der Waals surface area contributed by atoms with Crippen molar-refractivity contribution < 1.29 is 0 Å². The highest BCUT2D eigenvalue weighted by atomic mass is 32.1. The molecule has 0 spiro atoms. The van der Waals surface area contributed by atoms with E-state index < -0.39 is 0 Å². The van der Waals surface area contributed by atoms with Crippen molar-refractivity contribution in [1.82, 2.24) is 15.6 Å². The molecule has 78 valence electrons. The maximum absolute atomic E-state index is 5.09. The van der Waals surface area contributed by atoms with Crippen LogP contribution in [-0.2, 0) is 6.42 Å². The summed E-state index contributed by atoms with van der Waals surface area (Å²) in [5.41, 5.74) is 0. The van der Waals surface area contributed by atoms with Gasteiger partial charge >= 0.3 is 0 Å². The van der Waals surface area contributed by atoms with Crippen LogP contribution in [0.1, 0.15) is 18.9 Å². The zero-order valence-corrected chi connectivity index (χ0v) is 10.0. The Balaban J connectivity index is 2.12. The Morgan fingerprint density at radius 1 is 1.64 bits per heavy atom. The summed E-state index contributed by atoms with van der Waals surface area (Å²) in [5, 5.41) is 10.1. The molecule has 2 N–H and O–H groups in total. The highest BCUT2D eigenvalue weighted by Crippen LogP contribution is 2.03. The Kier molecular flexibility index (Phi) is 4.82. The van der Waals surface area contributed by atoms with E-state index in [-0.39, 0.29) is 0 Å². The van der Waals surface area contributed by atoms with Crippen molar-refractivity contribution in [2.75, 3.05) is 6.54 Å². The maximum Gasteiger partial charge on any atom is 0.166 e. The molecule has 0 aromatic carbocycles. The van der Waals surface area contributed by atoms with Gasteiger partial charge in [0, 0.05) is 30.6 Å². The molecule has 0 amide bonds. The SMILES string of the molecule is CC(C)NC(=S)NCCc1nccs1. The molecule has 1 rings (SSSR count). The molecule has 0 bridgehead atoms. The molecule has 14 heavy (non-hydrogen) atoms. The van der Waals surface area contributed by atoms with E-state index in [4.69, 9.17) is 12.2 Å². The van der Waals surface area contributed by atoms with E-state index in [1.807, 2.05) is 11.6 Å². The summed E-state index contributed by atoms with van der Waals surface area (Å²) in [4.78, 5) is 4.19. The monoisotopic (exact) mass is 229 g/mol. The third-order valence-corrected chi connectivity index (χ3v) is 2.63. The smallest absolute Gasteiger partial charge is 0.166 e. The molecular formula is C9H15N3S2. The minimum absolute atomic E-state index is 0.384. The minimum atomic E-state index is 0.384. The first-order valence-corrected chi connectivity index (χ1v) is 5.90. The number of nitrogens with zero attached hydrogens (tertiary/aromatic N) is 1. The van der Waals surface area contributed by atoms with E-state index in [0.29, 0.717) is 6.04 Å². The van der Waals surface area contributed by atoms with Crippen molar-refractivity contribution in [3.05, 3.63) is 16.6 Å². The van der Waals surface area contributed by atoms with E-state index >= 15 is 0 Å². The van der Waals surface area contributed by atoms with Crippen molar-refractivity contribution in [2.45, 2.75) is 26.3 Å². The van der Waals surface area contributed by atoms with E-state index in [2.05, 4.69) is 29.5 Å². The molecule has 3 nitrogen and oxygen atoms in total. The van der Waals surface area contributed by atoms with Crippen LogP contribution in [0.3, 0.4) is 0 Å². The Hall–Kier alpha value is -0.680. The number of nitrogens with one attached hydrogen (secondary N) is 2. The van der Waals surface area contributed by atoms with Crippen molar-refractivity contribution in [3.8, 4) is 0 Å². The highest BCUT2D eigenvalue weighted by Gasteiger charge is 1.98. The zero-order chi connectivity index (χ0) is 10.4. The Morgan fingerprint density at radius 3 is 3.00 bits per heavy atom. The molecule has 0 aliphatic heterocycles. The van der Waals surface area contributed by atoms with Gasteiger partial charge in [0.1, 0.15) is 0 Å². The molecule has 0 aliphatic rings. The molecule has 0 fully saturated rings.